The monoisotopic (exact) mass is 880 g/mol. The van der Waals surface area contributed by atoms with E-state index in [0.717, 1.165) is 0 Å². The molecule has 0 saturated heterocycles. The zero-order valence-corrected chi connectivity index (χ0v) is 37.9. The highest BCUT2D eigenvalue weighted by molar-refractivity contribution is 5.82. The summed E-state index contributed by atoms with van der Waals surface area (Å²) in [5.41, 5.74) is 1.30. The number of rotatable bonds is 15. The van der Waals surface area contributed by atoms with Gasteiger partial charge in [-0.05, 0) is 37.7 Å². The highest BCUT2D eigenvalue weighted by atomic mass is 16.6. The number of fused-ring (bicyclic) bond motifs is 8. The first kappa shape index (κ1) is 50.4. The van der Waals surface area contributed by atoms with Crippen LogP contribution in [-0.4, -0.2) is 107 Å². The number of Topliss-reactive ketones (excluding diaryl/α,β-unsaturated/α-hetero) is 2. The van der Waals surface area contributed by atoms with E-state index in [9.17, 15) is 29.1 Å². The first-order valence-electron chi connectivity index (χ1n) is 21.6. The molecule has 1 aliphatic rings. The minimum absolute atomic E-state index is 0.0167. The highest BCUT2D eigenvalue weighted by Crippen LogP contribution is 2.31. The molecule has 0 aromatic carbocycles. The van der Waals surface area contributed by atoms with Crippen molar-refractivity contribution in [1.82, 2.24) is 19.9 Å². The molecular weight excluding hydrogens is 817 g/mol. The number of amides is 1. The Bertz CT molecular complexity index is 2000. The number of hydrogen-bond acceptors (Lipinski definition) is 16. The molecule has 17 nitrogen and oxygen atoms in total. The van der Waals surface area contributed by atoms with Crippen LogP contribution in [-0.2, 0) is 42.9 Å². The van der Waals surface area contributed by atoms with Gasteiger partial charge >= 0.3 is 11.9 Å². The molecule has 4 heterocycles. The van der Waals surface area contributed by atoms with Crippen molar-refractivity contribution in [2.45, 2.75) is 136 Å². The van der Waals surface area contributed by atoms with Crippen molar-refractivity contribution in [3.63, 3.8) is 0 Å². The van der Waals surface area contributed by atoms with E-state index in [2.05, 4.69) is 15.0 Å². The van der Waals surface area contributed by atoms with Crippen LogP contribution in [0.1, 0.15) is 117 Å². The van der Waals surface area contributed by atoms with Crippen LogP contribution >= 0.6 is 0 Å². The van der Waals surface area contributed by atoms with E-state index in [4.69, 9.17) is 32.2 Å². The second-order valence-corrected chi connectivity index (χ2v) is 16.7. The molecule has 3 aromatic heterocycles. The Morgan fingerprint density at radius 1 is 1.00 bits per heavy atom. The molecule has 0 aliphatic carbocycles. The molecular formula is C46H64N4O13. The van der Waals surface area contributed by atoms with Gasteiger partial charge in [0.15, 0.2) is 11.4 Å². The third kappa shape index (κ3) is 15.2. The smallest absolute Gasteiger partial charge is 0.308 e. The number of ether oxygens (including phenoxy) is 4. The topological polar surface area (TPSA) is 224 Å². The molecule has 3 aromatic rings. The minimum atomic E-state index is -1.03. The van der Waals surface area contributed by atoms with E-state index in [1.807, 2.05) is 33.8 Å². The quantitative estimate of drug-likeness (QED) is 0.118. The van der Waals surface area contributed by atoms with Crippen LogP contribution in [0.5, 0.6) is 0 Å². The number of ketones is 2. The van der Waals surface area contributed by atoms with Crippen molar-refractivity contribution >= 4 is 36.0 Å². The summed E-state index contributed by atoms with van der Waals surface area (Å²) >= 11 is 0. The lowest BCUT2D eigenvalue weighted by atomic mass is 9.84. The van der Waals surface area contributed by atoms with Gasteiger partial charge in [-0.25, -0.2) is 15.0 Å². The number of aliphatic hydroxyl groups is 1. The van der Waals surface area contributed by atoms with E-state index < -0.39 is 48.4 Å². The largest absolute Gasteiger partial charge is 0.462 e. The van der Waals surface area contributed by atoms with Gasteiger partial charge in [-0.1, -0.05) is 46.8 Å². The van der Waals surface area contributed by atoms with Gasteiger partial charge in [0.2, 0.25) is 24.1 Å². The maximum atomic E-state index is 13.6. The molecule has 0 fully saturated rings. The van der Waals surface area contributed by atoms with Crippen molar-refractivity contribution in [2.24, 2.45) is 23.7 Å². The average molecular weight is 881 g/mol. The third-order valence-electron chi connectivity index (χ3n) is 11.7. The summed E-state index contributed by atoms with van der Waals surface area (Å²) < 4.78 is 40.6. The van der Waals surface area contributed by atoms with Crippen molar-refractivity contribution < 1.29 is 61.3 Å². The lowest BCUT2D eigenvalue weighted by molar-refractivity contribution is -0.160. The Balaban J connectivity index is 1.51. The van der Waals surface area contributed by atoms with E-state index >= 15 is 0 Å². The molecule has 1 aliphatic heterocycles. The van der Waals surface area contributed by atoms with Crippen LogP contribution in [0.2, 0.25) is 0 Å². The number of nitrogens with zero attached hydrogens (tertiary/aromatic N) is 4. The summed E-state index contributed by atoms with van der Waals surface area (Å²) in [7, 11) is 4.72. The van der Waals surface area contributed by atoms with E-state index in [1.54, 1.807) is 46.5 Å². The van der Waals surface area contributed by atoms with Crippen LogP contribution in [0.15, 0.2) is 50.4 Å². The molecule has 0 unspecified atom stereocenters. The zero-order valence-electron chi connectivity index (χ0n) is 37.9. The molecule has 1 N–H and O–H groups in total. The first-order valence-corrected chi connectivity index (χ1v) is 21.6. The predicted octanol–water partition coefficient (Wildman–Crippen LogP) is 7.14. The molecule has 4 rings (SSSR count). The Morgan fingerprint density at radius 2 is 1.70 bits per heavy atom. The Hall–Kier alpha value is -5.26. The summed E-state index contributed by atoms with van der Waals surface area (Å²) in [5, 5.41) is 10.9. The Labute approximate surface area is 369 Å². The Kier molecular flexibility index (Phi) is 19.6. The van der Waals surface area contributed by atoms with Gasteiger partial charge in [0.1, 0.15) is 42.6 Å². The summed E-state index contributed by atoms with van der Waals surface area (Å²) in [4.78, 5) is 77.9. The highest BCUT2D eigenvalue weighted by Gasteiger charge is 2.35. The van der Waals surface area contributed by atoms with Gasteiger partial charge in [-0.15, -0.1) is 0 Å². The average Bonchev–Trinajstić information content (AvgIpc) is 4.05. The van der Waals surface area contributed by atoms with E-state index in [-0.39, 0.29) is 85.5 Å². The van der Waals surface area contributed by atoms with Crippen LogP contribution in [0, 0.1) is 23.7 Å². The van der Waals surface area contributed by atoms with Crippen molar-refractivity contribution in [3.05, 3.63) is 48.7 Å². The number of methoxy groups -OCH3 is 2. The summed E-state index contributed by atoms with van der Waals surface area (Å²) in [6.45, 7) is 10.6. The van der Waals surface area contributed by atoms with Gasteiger partial charge in [0.25, 0.3) is 0 Å². The van der Waals surface area contributed by atoms with Crippen molar-refractivity contribution in [3.8, 4) is 23.2 Å². The molecule has 63 heavy (non-hydrogen) atoms. The number of oxazole rings is 3. The fourth-order valence-electron chi connectivity index (χ4n) is 7.64. The van der Waals surface area contributed by atoms with Gasteiger partial charge < -0.3 is 42.2 Å². The number of carbonyl (C=O) groups is 5. The molecule has 346 valence electrons. The predicted molar refractivity (Wildman–Crippen MR) is 229 cm³/mol. The fraction of sp³-hybridized carbons (Fsp3) is 0.609. The fourth-order valence-corrected chi connectivity index (χ4v) is 7.64. The first-order chi connectivity index (χ1) is 30.0. The number of aromatic nitrogens is 3. The summed E-state index contributed by atoms with van der Waals surface area (Å²) in [5.74, 6) is -2.28. The number of aliphatic hydroxyl groups excluding tert-OH is 1. The molecule has 10 atom stereocenters. The van der Waals surface area contributed by atoms with Crippen LogP contribution in [0.4, 0.5) is 0 Å². The molecule has 17 heteroatoms. The summed E-state index contributed by atoms with van der Waals surface area (Å²) in [6.07, 6.45) is 10.4. The third-order valence-corrected chi connectivity index (χ3v) is 11.7. The van der Waals surface area contributed by atoms with Gasteiger partial charge in [-0.2, -0.15) is 0 Å². The van der Waals surface area contributed by atoms with Crippen LogP contribution in [0.25, 0.3) is 29.2 Å². The van der Waals surface area contributed by atoms with Gasteiger partial charge in [0.05, 0.1) is 36.3 Å². The molecule has 0 saturated carbocycles. The lowest BCUT2D eigenvalue weighted by Crippen LogP contribution is -2.39. The standard InChI is InChI=1S/C46H64N4O13/c1-27(16-17-38(55)30(4)44(62-32(6)52)28(2)18-19-50(7)26-51)40(58-9)22-41-31(5)39(57-8)14-11-15-42-47-36(24-59-42)45-49-37(25-61-45)46-48-35(23-60-46)29(3)20-33(53)12-10-13-34(54)21-43(56)63-41/h11,15,18-19,23-31,34,39-41,44,54H,10,12-14,16-17,20-22H2,1-9H3/b15-11?,19-18+/t27-,28+,29-,30-,31-,34+,39+,40+,41+,44+/m0/s1. The van der Waals surface area contributed by atoms with E-state index in [0.29, 0.717) is 48.6 Å². The van der Waals surface area contributed by atoms with Crippen LogP contribution in [0.3, 0.4) is 0 Å². The van der Waals surface area contributed by atoms with E-state index in [1.165, 1.54) is 30.6 Å². The molecule has 1 amide bonds. The normalized spacial score (nSPS) is 23.1. The maximum Gasteiger partial charge on any atom is 0.308 e. The Morgan fingerprint density at radius 3 is 2.40 bits per heavy atom. The second kappa shape index (κ2) is 24.5. The minimum Gasteiger partial charge on any atom is -0.462 e. The SMILES string of the molecule is CO[C@@H]1CC=Cc2nc(co2)-c2nc(co2)-c2nc(co2)[C@@H](C)CC(=O)CCC[C@@H](O)CC(=O)O[C@H](C[C@@H](OC)[C@@H](C)CCC(=O)[C@H](C)[C@H](OC(C)=O)[C@H](C)/C=C/N(C)C=O)[C@H]1C. The van der Waals surface area contributed by atoms with Crippen LogP contribution < -0.4 is 0 Å². The molecule has 6 bridgehead atoms. The number of cyclic esters (lactones) is 1. The number of hydrogen-bond donors (Lipinski definition) is 1. The maximum absolute atomic E-state index is 13.6. The van der Waals surface area contributed by atoms with Crippen molar-refractivity contribution in [2.75, 3.05) is 21.3 Å². The molecule has 0 spiro atoms. The molecule has 0 radical (unpaired) electrons. The second-order valence-electron chi connectivity index (χ2n) is 16.7. The van der Waals surface area contributed by atoms with Gasteiger partial charge in [-0.3, -0.25) is 24.0 Å². The van der Waals surface area contributed by atoms with Crippen molar-refractivity contribution in [1.29, 1.82) is 0 Å². The summed E-state index contributed by atoms with van der Waals surface area (Å²) in [6, 6.07) is 0. The van der Waals surface area contributed by atoms with Gasteiger partial charge in [0, 0.05) is 77.8 Å². The number of esters is 2. The zero-order chi connectivity index (χ0) is 46.2. The lowest BCUT2D eigenvalue weighted by Gasteiger charge is -2.34. The number of carbonyl (C=O) groups excluding carboxylic acids is 5.